The number of hydrogen-bond acceptors (Lipinski definition) is 2. The second kappa shape index (κ2) is 11.7. The van der Waals surface area contributed by atoms with Crippen LogP contribution in [0.15, 0.2) is 0 Å². The van der Waals surface area contributed by atoms with Gasteiger partial charge in [0.1, 0.15) is 0 Å². The van der Waals surface area contributed by atoms with Crippen molar-refractivity contribution < 1.29 is 0 Å². The Bertz CT molecular complexity index is 487. The predicted octanol–water partition coefficient (Wildman–Crippen LogP) is 7.23. The maximum absolute atomic E-state index is 4.11. The lowest BCUT2D eigenvalue weighted by molar-refractivity contribution is 0.0590. The second-order valence-electron chi connectivity index (χ2n) is 12.3. The van der Waals surface area contributed by atoms with E-state index < -0.39 is 0 Å². The van der Waals surface area contributed by atoms with Crippen molar-refractivity contribution in [3.63, 3.8) is 0 Å². The molecule has 2 heteroatoms. The Morgan fingerprint density at radius 3 is 2.13 bits per heavy atom. The van der Waals surface area contributed by atoms with E-state index >= 15 is 0 Å². The summed E-state index contributed by atoms with van der Waals surface area (Å²) < 4.78 is 0. The number of likely N-dealkylation sites (tertiary alicyclic amines) is 1. The monoisotopic (exact) mass is 420 g/mol. The Balaban J connectivity index is 1.94. The molecule has 2 aliphatic rings. The molecule has 1 aliphatic carbocycles. The summed E-state index contributed by atoms with van der Waals surface area (Å²) in [5.74, 6) is 5.77. The molecular formula is C28H56N2. The van der Waals surface area contributed by atoms with Gasteiger partial charge in [-0.2, -0.15) is 0 Å². The first-order valence-corrected chi connectivity index (χ1v) is 13.5. The first-order valence-electron chi connectivity index (χ1n) is 13.5. The fourth-order valence-corrected chi connectivity index (χ4v) is 6.90. The Hall–Kier alpha value is -0.0800. The van der Waals surface area contributed by atoms with Crippen molar-refractivity contribution in [3.8, 4) is 0 Å². The van der Waals surface area contributed by atoms with E-state index in [0.29, 0.717) is 12.1 Å². The molecule has 0 spiro atoms. The van der Waals surface area contributed by atoms with Crippen LogP contribution in [0.2, 0.25) is 0 Å². The van der Waals surface area contributed by atoms with Crippen LogP contribution >= 0.6 is 0 Å². The molecule has 1 N–H and O–H groups in total. The number of piperidine rings is 1. The highest BCUT2D eigenvalue weighted by Gasteiger charge is 2.35. The van der Waals surface area contributed by atoms with Gasteiger partial charge in [0.15, 0.2) is 0 Å². The van der Waals surface area contributed by atoms with Crippen molar-refractivity contribution in [1.29, 1.82) is 0 Å². The molecule has 1 saturated carbocycles. The van der Waals surface area contributed by atoms with Crippen LogP contribution in [0.25, 0.3) is 0 Å². The third-order valence-corrected chi connectivity index (χ3v) is 9.58. The van der Waals surface area contributed by atoms with Gasteiger partial charge in [0.05, 0.1) is 0 Å². The molecule has 0 radical (unpaired) electrons. The zero-order valence-corrected chi connectivity index (χ0v) is 22.2. The van der Waals surface area contributed by atoms with E-state index in [1.54, 1.807) is 0 Å². The fourth-order valence-electron chi connectivity index (χ4n) is 6.90. The van der Waals surface area contributed by atoms with E-state index in [9.17, 15) is 0 Å². The molecule has 30 heavy (non-hydrogen) atoms. The molecule has 9 atom stereocenters. The lowest BCUT2D eigenvalue weighted by atomic mass is 9.70. The largest absolute Gasteiger partial charge is 0.311 e. The van der Waals surface area contributed by atoms with Gasteiger partial charge in [-0.15, -0.1) is 0 Å². The van der Waals surface area contributed by atoms with Crippen LogP contribution in [0.1, 0.15) is 108 Å². The first kappa shape index (κ1) is 26.2. The molecule has 178 valence electrons. The number of rotatable bonds is 9. The van der Waals surface area contributed by atoms with Crippen molar-refractivity contribution in [2.75, 3.05) is 6.54 Å². The van der Waals surface area contributed by atoms with Gasteiger partial charge in [-0.3, -0.25) is 4.90 Å². The van der Waals surface area contributed by atoms with Gasteiger partial charge >= 0.3 is 0 Å². The van der Waals surface area contributed by atoms with Gasteiger partial charge in [-0.1, -0.05) is 54.4 Å². The van der Waals surface area contributed by atoms with E-state index in [2.05, 4.69) is 79.5 Å². The average Bonchev–Trinajstić information content (AvgIpc) is 2.68. The van der Waals surface area contributed by atoms with Gasteiger partial charge in [0.25, 0.3) is 0 Å². The molecule has 0 amide bonds. The molecular weight excluding hydrogens is 364 g/mol. The second-order valence-corrected chi connectivity index (χ2v) is 12.3. The van der Waals surface area contributed by atoms with E-state index in [1.807, 2.05) is 0 Å². The van der Waals surface area contributed by atoms with E-state index in [-0.39, 0.29) is 0 Å². The highest BCUT2D eigenvalue weighted by Crippen LogP contribution is 2.38. The van der Waals surface area contributed by atoms with Gasteiger partial charge < -0.3 is 5.32 Å². The third-order valence-electron chi connectivity index (χ3n) is 9.58. The summed E-state index contributed by atoms with van der Waals surface area (Å²) in [4.78, 5) is 2.71. The van der Waals surface area contributed by atoms with Crippen LogP contribution in [0.4, 0.5) is 0 Å². The van der Waals surface area contributed by atoms with Gasteiger partial charge in [0, 0.05) is 24.2 Å². The van der Waals surface area contributed by atoms with Gasteiger partial charge in [-0.05, 0) is 101 Å². The van der Waals surface area contributed by atoms with Crippen LogP contribution in [0, 0.1) is 41.4 Å². The SMILES string of the molecule is CC(C)C(CC(C)C1CCN(C(C)C)C(C)C1)C(C)C(C)NC1CCCC(C)C1C. The van der Waals surface area contributed by atoms with Crippen LogP contribution < -0.4 is 5.32 Å². The quantitative estimate of drug-likeness (QED) is 0.423. The summed E-state index contributed by atoms with van der Waals surface area (Å²) in [5, 5.41) is 4.11. The Labute approximate surface area is 190 Å². The third kappa shape index (κ3) is 6.71. The highest BCUT2D eigenvalue weighted by molar-refractivity contribution is 4.89. The van der Waals surface area contributed by atoms with E-state index in [0.717, 1.165) is 53.5 Å². The van der Waals surface area contributed by atoms with Crippen LogP contribution in [0.3, 0.4) is 0 Å². The smallest absolute Gasteiger partial charge is 0.00978 e. The molecule has 0 aromatic rings. The lowest BCUT2D eigenvalue weighted by Crippen LogP contribution is -2.49. The zero-order chi connectivity index (χ0) is 22.6. The summed E-state index contributed by atoms with van der Waals surface area (Å²) in [5.41, 5.74) is 0. The maximum atomic E-state index is 4.11. The summed E-state index contributed by atoms with van der Waals surface area (Å²) in [6.45, 7) is 25.9. The fraction of sp³-hybridized carbons (Fsp3) is 1.00. The highest BCUT2D eigenvalue weighted by atomic mass is 15.2. The minimum atomic E-state index is 0.615. The minimum Gasteiger partial charge on any atom is -0.311 e. The molecule has 1 saturated heterocycles. The number of nitrogens with zero attached hydrogens (tertiary/aromatic N) is 1. The maximum Gasteiger partial charge on any atom is 0.00978 e. The topological polar surface area (TPSA) is 15.3 Å². The summed E-state index contributed by atoms with van der Waals surface area (Å²) in [6.07, 6.45) is 8.39. The normalized spacial score (nSPS) is 35.4. The zero-order valence-electron chi connectivity index (χ0n) is 22.2. The molecule has 0 aromatic carbocycles. The van der Waals surface area contributed by atoms with Crippen molar-refractivity contribution in [2.24, 2.45) is 41.4 Å². The molecule has 0 aromatic heterocycles. The molecule has 1 heterocycles. The Kier molecular flexibility index (Phi) is 10.2. The predicted molar refractivity (Wildman–Crippen MR) is 134 cm³/mol. The Morgan fingerprint density at radius 1 is 0.900 bits per heavy atom. The lowest BCUT2D eigenvalue weighted by Gasteiger charge is -2.44. The molecule has 2 nitrogen and oxygen atoms in total. The van der Waals surface area contributed by atoms with Crippen LogP contribution in [0.5, 0.6) is 0 Å². The van der Waals surface area contributed by atoms with Crippen molar-refractivity contribution in [1.82, 2.24) is 10.2 Å². The molecule has 1 aliphatic heterocycles. The average molecular weight is 421 g/mol. The molecule has 2 rings (SSSR count). The summed E-state index contributed by atoms with van der Waals surface area (Å²) in [7, 11) is 0. The van der Waals surface area contributed by atoms with Crippen molar-refractivity contribution >= 4 is 0 Å². The van der Waals surface area contributed by atoms with E-state index in [1.165, 1.54) is 45.1 Å². The minimum absolute atomic E-state index is 0.615. The van der Waals surface area contributed by atoms with Gasteiger partial charge in [0.2, 0.25) is 0 Å². The Morgan fingerprint density at radius 2 is 1.57 bits per heavy atom. The van der Waals surface area contributed by atoms with Gasteiger partial charge in [-0.25, -0.2) is 0 Å². The van der Waals surface area contributed by atoms with Crippen LogP contribution in [-0.2, 0) is 0 Å². The standard InChI is InChI=1S/C28H56N2/c1-18(2)27(16-21(6)26-14-15-30(19(3)4)22(7)17-26)24(9)25(10)29-28-13-11-12-20(5)23(28)8/h18-29H,11-17H2,1-10H3. The van der Waals surface area contributed by atoms with E-state index in [4.69, 9.17) is 0 Å². The first-order chi connectivity index (χ1) is 14.0. The summed E-state index contributed by atoms with van der Waals surface area (Å²) in [6, 6.07) is 2.77. The van der Waals surface area contributed by atoms with Crippen LogP contribution in [-0.4, -0.2) is 35.6 Å². The number of hydrogen-bond donors (Lipinski definition) is 1. The molecule has 2 fully saturated rings. The van der Waals surface area contributed by atoms with Crippen molar-refractivity contribution in [2.45, 2.75) is 132 Å². The van der Waals surface area contributed by atoms with Crippen molar-refractivity contribution in [3.05, 3.63) is 0 Å². The molecule has 9 unspecified atom stereocenters. The number of nitrogens with one attached hydrogen (secondary N) is 1. The molecule has 0 bridgehead atoms. The summed E-state index contributed by atoms with van der Waals surface area (Å²) >= 11 is 0.